The van der Waals surface area contributed by atoms with Gasteiger partial charge < -0.3 is 14.6 Å². The molecule has 0 saturated heterocycles. The zero-order valence-electron chi connectivity index (χ0n) is 14.8. The fraction of sp³-hybridized carbons (Fsp3) is 0. The van der Waals surface area contributed by atoms with Gasteiger partial charge in [-0.05, 0) is 47.0 Å². The number of ether oxygens (including phenoxy) is 2. The second-order valence-corrected chi connectivity index (χ2v) is 5.80. The highest BCUT2D eigenvalue weighted by atomic mass is 19.1. The number of phenols is 1. The van der Waals surface area contributed by atoms with Crippen LogP contribution in [0.5, 0.6) is 11.5 Å². The number of aromatic hydroxyl groups is 1. The van der Waals surface area contributed by atoms with Gasteiger partial charge >= 0.3 is 5.97 Å². The fourth-order valence-electron chi connectivity index (χ4n) is 2.55. The number of halogens is 1. The number of hydrogen-bond donors (Lipinski definition) is 1. The number of hydrogen-bond acceptors (Lipinski definition) is 4. The van der Waals surface area contributed by atoms with Gasteiger partial charge in [-0.2, -0.15) is 0 Å². The van der Waals surface area contributed by atoms with Gasteiger partial charge in [0.15, 0.2) is 0 Å². The van der Waals surface area contributed by atoms with Crippen molar-refractivity contribution in [2.45, 2.75) is 0 Å². The molecule has 0 fully saturated rings. The van der Waals surface area contributed by atoms with Crippen molar-refractivity contribution in [1.29, 1.82) is 0 Å². The molecule has 0 saturated carbocycles. The average Bonchev–Trinajstić information content (AvgIpc) is 2.72. The third kappa shape index (κ3) is 4.65. The topological polar surface area (TPSA) is 55.8 Å². The number of rotatable bonds is 6. The lowest BCUT2D eigenvalue weighted by atomic mass is 9.99. The van der Waals surface area contributed by atoms with E-state index in [0.717, 1.165) is 23.5 Å². The van der Waals surface area contributed by atoms with Gasteiger partial charge in [-0.1, -0.05) is 43.0 Å². The minimum Gasteiger partial charge on any atom is -0.508 e. The Balaban J connectivity index is 1.71. The highest BCUT2D eigenvalue weighted by molar-refractivity contribution is 5.81. The van der Waals surface area contributed by atoms with Crippen LogP contribution in [-0.4, -0.2) is 11.1 Å². The first-order chi connectivity index (χ1) is 13.6. The van der Waals surface area contributed by atoms with E-state index < -0.39 is 5.97 Å². The number of esters is 1. The predicted molar refractivity (Wildman–Crippen MR) is 105 cm³/mol. The highest BCUT2D eigenvalue weighted by Gasteiger charge is 2.08. The molecule has 140 valence electrons. The molecule has 5 heteroatoms. The summed E-state index contributed by atoms with van der Waals surface area (Å²) in [6.07, 6.45) is 3.41. The minimum atomic E-state index is -0.576. The summed E-state index contributed by atoms with van der Waals surface area (Å²) in [6.45, 7) is 3.28. The minimum absolute atomic E-state index is 0.136. The lowest BCUT2D eigenvalue weighted by Crippen LogP contribution is -1.93. The van der Waals surface area contributed by atoms with Crippen LogP contribution in [0.2, 0.25) is 0 Å². The Bertz CT molecular complexity index is 1010. The smallest absolute Gasteiger partial charge is 0.335 e. The largest absolute Gasteiger partial charge is 0.508 e. The molecule has 0 amide bonds. The molecule has 0 aliphatic carbocycles. The predicted octanol–water partition coefficient (Wildman–Crippen LogP) is 5.44. The van der Waals surface area contributed by atoms with Crippen LogP contribution >= 0.6 is 0 Å². The summed E-state index contributed by atoms with van der Waals surface area (Å²) in [5, 5.41) is 9.36. The van der Waals surface area contributed by atoms with E-state index >= 15 is 0 Å². The third-order valence-electron chi connectivity index (χ3n) is 3.95. The molecule has 0 aliphatic rings. The van der Waals surface area contributed by atoms with Crippen molar-refractivity contribution in [3.05, 3.63) is 97.7 Å². The molecule has 3 rings (SSSR count). The van der Waals surface area contributed by atoms with E-state index in [1.54, 1.807) is 42.5 Å². The first kappa shape index (κ1) is 18.9. The molecule has 0 radical (unpaired) electrons. The Morgan fingerprint density at radius 3 is 2.18 bits per heavy atom. The van der Waals surface area contributed by atoms with Crippen molar-refractivity contribution < 1.29 is 23.8 Å². The Labute approximate surface area is 161 Å². The Morgan fingerprint density at radius 1 is 0.893 bits per heavy atom. The molecule has 0 aromatic heterocycles. The third-order valence-corrected chi connectivity index (χ3v) is 3.95. The summed E-state index contributed by atoms with van der Waals surface area (Å²) in [6, 6.07) is 18.4. The zero-order chi connectivity index (χ0) is 19.9. The Kier molecular flexibility index (Phi) is 5.87. The SMILES string of the molecule is C=CC(=O)O/C=C\Oc1ccc(-c2ccc(-c3ccc(O)cc3)c(F)c2)cc1. The number of phenolic OH excluding ortho intramolecular Hbond substituents is 1. The van der Waals surface area contributed by atoms with Crippen LogP contribution in [0.3, 0.4) is 0 Å². The summed E-state index contributed by atoms with van der Waals surface area (Å²) in [5.74, 6) is -0.254. The fourth-order valence-corrected chi connectivity index (χ4v) is 2.55. The average molecular weight is 376 g/mol. The van der Waals surface area contributed by atoms with Gasteiger partial charge in [-0.3, -0.25) is 0 Å². The summed E-state index contributed by atoms with van der Waals surface area (Å²) in [4.78, 5) is 10.9. The molecule has 0 spiro atoms. The lowest BCUT2D eigenvalue weighted by Gasteiger charge is -2.08. The van der Waals surface area contributed by atoms with Crippen LogP contribution in [0, 0.1) is 5.82 Å². The van der Waals surface area contributed by atoms with Gasteiger partial charge in [-0.25, -0.2) is 9.18 Å². The summed E-state index contributed by atoms with van der Waals surface area (Å²) < 4.78 is 24.5. The molecule has 0 bridgehead atoms. The molecule has 0 atom stereocenters. The van der Waals surface area contributed by atoms with E-state index in [2.05, 4.69) is 11.3 Å². The van der Waals surface area contributed by atoms with E-state index in [9.17, 15) is 14.3 Å². The Morgan fingerprint density at radius 2 is 1.54 bits per heavy atom. The van der Waals surface area contributed by atoms with Gasteiger partial charge in [-0.15, -0.1) is 0 Å². The van der Waals surface area contributed by atoms with Gasteiger partial charge in [0, 0.05) is 11.6 Å². The molecule has 4 nitrogen and oxygen atoms in total. The molecule has 1 N–H and O–H groups in total. The maximum atomic E-state index is 14.6. The second-order valence-electron chi connectivity index (χ2n) is 5.80. The number of carbonyl (C=O) groups excluding carboxylic acids is 1. The van der Waals surface area contributed by atoms with Crippen LogP contribution < -0.4 is 4.74 Å². The lowest BCUT2D eigenvalue weighted by molar-refractivity contribution is -0.132. The van der Waals surface area contributed by atoms with E-state index in [1.165, 1.54) is 24.5 Å². The first-order valence-electron chi connectivity index (χ1n) is 8.41. The second kappa shape index (κ2) is 8.68. The maximum Gasteiger partial charge on any atom is 0.335 e. The molecular formula is C23H17FO4. The molecule has 3 aromatic rings. The van der Waals surface area contributed by atoms with Crippen LogP contribution in [0.15, 0.2) is 91.9 Å². The molecule has 0 aliphatic heterocycles. The van der Waals surface area contributed by atoms with Crippen molar-refractivity contribution in [1.82, 2.24) is 0 Å². The molecule has 28 heavy (non-hydrogen) atoms. The van der Waals surface area contributed by atoms with Crippen LogP contribution in [0.25, 0.3) is 22.3 Å². The maximum absolute atomic E-state index is 14.6. The van der Waals surface area contributed by atoms with E-state index in [4.69, 9.17) is 4.74 Å². The number of benzene rings is 3. The normalized spacial score (nSPS) is 10.6. The highest BCUT2D eigenvalue weighted by Crippen LogP contribution is 2.29. The summed E-state index contributed by atoms with van der Waals surface area (Å²) in [5.41, 5.74) is 2.70. The molecule has 0 unspecified atom stereocenters. The van der Waals surface area contributed by atoms with Gasteiger partial charge in [0.1, 0.15) is 29.8 Å². The zero-order valence-corrected chi connectivity index (χ0v) is 14.8. The molecular weight excluding hydrogens is 359 g/mol. The van der Waals surface area contributed by atoms with Crippen molar-refractivity contribution in [3.63, 3.8) is 0 Å². The quantitative estimate of drug-likeness (QED) is 0.353. The number of carbonyl (C=O) groups is 1. The van der Waals surface area contributed by atoms with Gasteiger partial charge in [0.2, 0.25) is 0 Å². The van der Waals surface area contributed by atoms with E-state index in [0.29, 0.717) is 16.9 Å². The van der Waals surface area contributed by atoms with Crippen LogP contribution in [0.1, 0.15) is 0 Å². The van der Waals surface area contributed by atoms with E-state index in [1.807, 2.05) is 6.07 Å². The summed E-state index contributed by atoms with van der Waals surface area (Å²) in [7, 11) is 0. The van der Waals surface area contributed by atoms with Gasteiger partial charge in [0.05, 0.1) is 0 Å². The molecule has 3 aromatic carbocycles. The van der Waals surface area contributed by atoms with Gasteiger partial charge in [0.25, 0.3) is 0 Å². The van der Waals surface area contributed by atoms with Crippen molar-refractivity contribution in [2.75, 3.05) is 0 Å². The summed E-state index contributed by atoms with van der Waals surface area (Å²) >= 11 is 0. The first-order valence-corrected chi connectivity index (χ1v) is 8.41. The van der Waals surface area contributed by atoms with Crippen molar-refractivity contribution in [2.24, 2.45) is 0 Å². The van der Waals surface area contributed by atoms with Crippen LogP contribution in [-0.2, 0) is 9.53 Å². The monoisotopic (exact) mass is 376 g/mol. The molecule has 0 heterocycles. The Hall–Kier alpha value is -3.86. The standard InChI is InChI=1S/C23H17FO4/c1-2-23(26)28-14-13-27-20-10-5-16(6-11-20)18-7-12-21(22(24)15-18)17-3-8-19(25)9-4-17/h2-15,25H,1H2/b14-13-. The van der Waals surface area contributed by atoms with E-state index in [-0.39, 0.29) is 11.6 Å². The van der Waals surface area contributed by atoms with Crippen molar-refractivity contribution >= 4 is 5.97 Å². The van der Waals surface area contributed by atoms with Crippen molar-refractivity contribution in [3.8, 4) is 33.8 Å². The van der Waals surface area contributed by atoms with Crippen LogP contribution in [0.4, 0.5) is 4.39 Å².